The second-order valence-corrected chi connectivity index (χ2v) is 8.13. The van der Waals surface area contributed by atoms with E-state index >= 15 is 0 Å². The molecule has 1 aromatic heterocycles. The first-order valence-corrected chi connectivity index (χ1v) is 9.27. The van der Waals surface area contributed by atoms with Gasteiger partial charge in [0.2, 0.25) is 0 Å². The smallest absolute Gasteiger partial charge is 0.0731 e. The van der Waals surface area contributed by atoms with Gasteiger partial charge in [-0.2, -0.15) is 5.10 Å². The number of rotatable bonds is 4. The maximum Gasteiger partial charge on any atom is 0.0731 e. The van der Waals surface area contributed by atoms with Crippen LogP contribution in [0.15, 0.2) is 6.07 Å². The Balaban J connectivity index is 0.00000312. The molecule has 25 heavy (non-hydrogen) atoms. The summed E-state index contributed by atoms with van der Waals surface area (Å²) >= 11 is 0. The molecule has 0 aliphatic rings. The Kier molecular flexibility index (Phi) is 7.25. The SMILES string of the molecule is Cc1cc(C)c(C)c(-c2c(C(C)C)nn(C(C)C)c2C(C)C)c1C.[Pd]. The molecule has 0 amide bonds. The number of aromatic nitrogens is 2. The first kappa shape index (κ1) is 22.1. The molecular formula is C22H34N2Pd. The summed E-state index contributed by atoms with van der Waals surface area (Å²) in [5, 5.41) is 5.07. The Labute approximate surface area is 168 Å². The second kappa shape index (κ2) is 8.19. The number of benzene rings is 1. The van der Waals surface area contributed by atoms with Crippen LogP contribution in [0.3, 0.4) is 0 Å². The molecule has 142 valence electrons. The molecule has 1 heterocycles. The van der Waals surface area contributed by atoms with Crippen molar-refractivity contribution in [2.45, 2.75) is 87.1 Å². The van der Waals surface area contributed by atoms with Crippen molar-refractivity contribution in [3.63, 3.8) is 0 Å². The van der Waals surface area contributed by atoms with E-state index < -0.39 is 0 Å². The van der Waals surface area contributed by atoms with Crippen LogP contribution < -0.4 is 0 Å². The zero-order valence-corrected chi connectivity index (χ0v) is 19.1. The minimum absolute atomic E-state index is 0. The molecule has 0 radical (unpaired) electrons. The van der Waals surface area contributed by atoms with Crippen molar-refractivity contribution in [3.8, 4) is 11.1 Å². The summed E-state index contributed by atoms with van der Waals surface area (Å²) in [5.41, 5.74) is 10.9. The molecule has 2 nitrogen and oxygen atoms in total. The molecule has 0 fully saturated rings. The zero-order chi connectivity index (χ0) is 18.3. The number of hydrogen-bond donors (Lipinski definition) is 0. The summed E-state index contributed by atoms with van der Waals surface area (Å²) in [6.45, 7) is 22.5. The van der Waals surface area contributed by atoms with E-state index in [-0.39, 0.29) is 20.4 Å². The van der Waals surface area contributed by atoms with Crippen LogP contribution in [0.4, 0.5) is 0 Å². The molecule has 3 heteroatoms. The molecule has 2 rings (SSSR count). The van der Waals surface area contributed by atoms with Gasteiger partial charge >= 0.3 is 0 Å². The molecule has 2 aromatic rings. The van der Waals surface area contributed by atoms with Gasteiger partial charge in [-0.25, -0.2) is 0 Å². The van der Waals surface area contributed by atoms with Crippen LogP contribution in [0.2, 0.25) is 0 Å². The molecule has 0 bridgehead atoms. The van der Waals surface area contributed by atoms with Crippen molar-refractivity contribution in [1.29, 1.82) is 0 Å². The molecule has 0 aliphatic heterocycles. The van der Waals surface area contributed by atoms with Crippen LogP contribution in [0.1, 0.15) is 93.1 Å². The topological polar surface area (TPSA) is 17.8 Å². The average molecular weight is 433 g/mol. The van der Waals surface area contributed by atoms with Crippen LogP contribution in [-0.4, -0.2) is 9.78 Å². The molecule has 0 unspecified atom stereocenters. The molecule has 0 N–H and O–H groups in total. The molecule has 0 saturated carbocycles. The second-order valence-electron chi connectivity index (χ2n) is 8.13. The fourth-order valence-corrected chi connectivity index (χ4v) is 3.66. The number of nitrogens with zero attached hydrogens (tertiary/aromatic N) is 2. The molecule has 0 spiro atoms. The Morgan fingerprint density at radius 1 is 0.760 bits per heavy atom. The summed E-state index contributed by atoms with van der Waals surface area (Å²) in [5.74, 6) is 0.860. The summed E-state index contributed by atoms with van der Waals surface area (Å²) < 4.78 is 2.26. The van der Waals surface area contributed by atoms with E-state index in [1.807, 2.05) is 0 Å². The minimum atomic E-state index is 0. The Morgan fingerprint density at radius 3 is 1.60 bits per heavy atom. The quantitative estimate of drug-likeness (QED) is 0.497. The summed E-state index contributed by atoms with van der Waals surface area (Å²) in [4.78, 5) is 0. The number of hydrogen-bond acceptors (Lipinski definition) is 1. The van der Waals surface area contributed by atoms with E-state index in [4.69, 9.17) is 5.10 Å². The van der Waals surface area contributed by atoms with Crippen molar-refractivity contribution < 1.29 is 20.4 Å². The van der Waals surface area contributed by atoms with E-state index in [1.165, 1.54) is 44.8 Å². The average Bonchev–Trinajstić information content (AvgIpc) is 2.86. The zero-order valence-electron chi connectivity index (χ0n) is 17.5. The van der Waals surface area contributed by atoms with Crippen molar-refractivity contribution in [2.75, 3.05) is 0 Å². The normalized spacial score (nSPS) is 11.6. The Hall–Kier alpha value is -0.908. The van der Waals surface area contributed by atoms with E-state index in [9.17, 15) is 0 Å². The summed E-state index contributed by atoms with van der Waals surface area (Å²) in [7, 11) is 0. The molecule has 1 aromatic carbocycles. The Bertz CT molecular complexity index is 726. The van der Waals surface area contributed by atoms with Gasteiger partial charge in [-0.1, -0.05) is 33.8 Å². The van der Waals surface area contributed by atoms with Crippen LogP contribution in [0, 0.1) is 27.7 Å². The minimum Gasteiger partial charge on any atom is -0.266 e. The third kappa shape index (κ3) is 3.94. The standard InChI is InChI=1S/C22H34N2.Pd/c1-12(2)21-20(22(13(3)4)24(23-21)14(5)6)19-17(9)15(7)11-16(8)18(19)10;/h11-14H,1-10H3;. The van der Waals surface area contributed by atoms with Crippen LogP contribution in [0.25, 0.3) is 11.1 Å². The monoisotopic (exact) mass is 432 g/mol. The number of aryl methyl sites for hydroxylation is 2. The van der Waals surface area contributed by atoms with Gasteiger partial charge in [-0.15, -0.1) is 0 Å². The summed E-state index contributed by atoms with van der Waals surface area (Å²) in [6.07, 6.45) is 0. The fraction of sp³-hybridized carbons (Fsp3) is 0.591. The van der Waals surface area contributed by atoms with Gasteiger partial charge in [0.25, 0.3) is 0 Å². The van der Waals surface area contributed by atoms with Crippen LogP contribution in [0.5, 0.6) is 0 Å². The fourth-order valence-electron chi connectivity index (χ4n) is 3.66. The van der Waals surface area contributed by atoms with Gasteiger partial charge in [0.05, 0.1) is 5.69 Å². The Morgan fingerprint density at radius 2 is 1.24 bits per heavy atom. The van der Waals surface area contributed by atoms with Crippen LogP contribution >= 0.6 is 0 Å². The third-order valence-corrected chi connectivity index (χ3v) is 5.17. The maximum atomic E-state index is 5.07. The largest absolute Gasteiger partial charge is 0.266 e. The van der Waals surface area contributed by atoms with E-state index in [0.717, 1.165) is 0 Å². The van der Waals surface area contributed by atoms with Gasteiger partial charge in [-0.05, 0) is 81.2 Å². The molecular weight excluding hydrogens is 399 g/mol. The van der Waals surface area contributed by atoms with E-state index in [1.54, 1.807) is 0 Å². The van der Waals surface area contributed by atoms with Gasteiger partial charge in [0.15, 0.2) is 0 Å². The third-order valence-electron chi connectivity index (χ3n) is 5.17. The van der Waals surface area contributed by atoms with Crippen molar-refractivity contribution >= 4 is 0 Å². The first-order chi connectivity index (χ1) is 11.1. The van der Waals surface area contributed by atoms with Crippen molar-refractivity contribution in [2.24, 2.45) is 0 Å². The van der Waals surface area contributed by atoms with E-state index in [2.05, 4.69) is 80.0 Å². The predicted octanol–water partition coefficient (Wildman–Crippen LogP) is 6.61. The van der Waals surface area contributed by atoms with Gasteiger partial charge in [0, 0.05) is 37.7 Å². The summed E-state index contributed by atoms with van der Waals surface area (Å²) in [6, 6.07) is 2.69. The van der Waals surface area contributed by atoms with Gasteiger partial charge in [0.1, 0.15) is 0 Å². The van der Waals surface area contributed by atoms with Crippen molar-refractivity contribution in [1.82, 2.24) is 9.78 Å². The molecule has 0 saturated heterocycles. The first-order valence-electron chi connectivity index (χ1n) is 9.27. The maximum absolute atomic E-state index is 5.07. The molecule has 0 aliphatic carbocycles. The van der Waals surface area contributed by atoms with Crippen molar-refractivity contribution in [3.05, 3.63) is 39.7 Å². The van der Waals surface area contributed by atoms with E-state index in [0.29, 0.717) is 17.9 Å². The van der Waals surface area contributed by atoms with Crippen LogP contribution in [-0.2, 0) is 20.4 Å². The molecule has 0 atom stereocenters. The predicted molar refractivity (Wildman–Crippen MR) is 105 cm³/mol. The van der Waals surface area contributed by atoms with Gasteiger partial charge < -0.3 is 0 Å². The van der Waals surface area contributed by atoms with Gasteiger partial charge in [-0.3, -0.25) is 4.68 Å².